The summed E-state index contributed by atoms with van der Waals surface area (Å²) < 4.78 is 13.0. The minimum Gasteiger partial charge on any atom is -0.456 e. The minimum absolute atomic E-state index is 0.844. The first-order valence-electron chi connectivity index (χ1n) is 21.4. The largest absolute Gasteiger partial charge is 0.456 e. The van der Waals surface area contributed by atoms with E-state index in [0.29, 0.717) is 0 Å². The molecule has 0 radical (unpaired) electrons. The van der Waals surface area contributed by atoms with Crippen molar-refractivity contribution < 1.29 is 8.83 Å². The zero-order valence-corrected chi connectivity index (χ0v) is 34.3. The zero-order valence-electron chi connectivity index (χ0n) is 34.3. The Hall–Kier alpha value is -8.40. The molecule has 0 unspecified atom stereocenters. The summed E-state index contributed by atoms with van der Waals surface area (Å²) in [5, 5.41) is 4.39. The number of hydrogen-bond acceptors (Lipinski definition) is 3. The van der Waals surface area contributed by atoms with E-state index < -0.39 is 0 Å². The molecule has 0 saturated heterocycles. The van der Waals surface area contributed by atoms with Crippen LogP contribution in [-0.4, -0.2) is 0 Å². The molecule has 63 heavy (non-hydrogen) atoms. The summed E-state index contributed by atoms with van der Waals surface area (Å²) in [6, 6.07) is 84.2. The van der Waals surface area contributed by atoms with E-state index in [-0.39, 0.29) is 0 Å². The van der Waals surface area contributed by atoms with Crippen molar-refractivity contribution in [3.63, 3.8) is 0 Å². The lowest BCUT2D eigenvalue weighted by Crippen LogP contribution is -2.11. The summed E-state index contributed by atoms with van der Waals surface area (Å²) in [5.74, 6) is 0. The fraction of sp³-hybridized carbons (Fsp3) is 0. The number of nitrogens with zero attached hydrogens (tertiary/aromatic N) is 1. The van der Waals surface area contributed by atoms with E-state index >= 15 is 0 Å². The molecule has 2 aromatic heterocycles. The summed E-state index contributed by atoms with van der Waals surface area (Å²) in [5.41, 5.74) is 18.0. The first kappa shape index (κ1) is 36.5. The third-order valence-corrected chi connectivity index (χ3v) is 12.3. The molecular formula is C60H39NO2. The highest BCUT2D eigenvalue weighted by Crippen LogP contribution is 2.50. The normalized spacial score (nSPS) is 11.5. The van der Waals surface area contributed by atoms with Crippen LogP contribution < -0.4 is 4.90 Å². The average molecular weight is 806 g/mol. The van der Waals surface area contributed by atoms with Gasteiger partial charge in [-0.15, -0.1) is 0 Å². The summed E-state index contributed by atoms with van der Waals surface area (Å²) in [7, 11) is 0. The molecule has 10 aromatic carbocycles. The summed E-state index contributed by atoms with van der Waals surface area (Å²) in [4.78, 5) is 2.41. The van der Waals surface area contributed by atoms with Gasteiger partial charge in [-0.1, -0.05) is 176 Å². The van der Waals surface area contributed by atoms with E-state index in [9.17, 15) is 0 Å². The van der Waals surface area contributed by atoms with Crippen LogP contribution in [0.15, 0.2) is 245 Å². The lowest BCUT2D eigenvalue weighted by molar-refractivity contribution is 0.668. The van der Waals surface area contributed by atoms with Gasteiger partial charge >= 0.3 is 0 Å². The molecule has 0 aliphatic rings. The highest BCUT2D eigenvalue weighted by Gasteiger charge is 2.25. The van der Waals surface area contributed by atoms with Crippen LogP contribution >= 0.6 is 0 Å². The molecule has 0 bridgehead atoms. The molecule has 12 rings (SSSR count). The highest BCUT2D eigenvalue weighted by molar-refractivity contribution is 6.18. The van der Waals surface area contributed by atoms with Crippen LogP contribution in [0.4, 0.5) is 17.1 Å². The van der Waals surface area contributed by atoms with Gasteiger partial charge < -0.3 is 13.7 Å². The standard InChI is InChI=1S/C60H39NO2/c1-4-15-40(16-5-1)42-27-32-46(33-28-42)61(47-34-29-44(30-35-47)48-23-14-26-56-58(48)50-21-10-12-24-54(50)62-56)53-37-38-57-60(51-22-11-13-25-55(51)63-57)59(53)49-36-31-45(41-17-6-2-7-18-41)39-52(49)43-19-8-3-9-20-43/h1-39H. The highest BCUT2D eigenvalue weighted by atomic mass is 16.3. The van der Waals surface area contributed by atoms with Gasteiger partial charge in [0.25, 0.3) is 0 Å². The Morgan fingerprint density at radius 2 is 0.730 bits per heavy atom. The first-order chi connectivity index (χ1) is 31.2. The van der Waals surface area contributed by atoms with Crippen LogP contribution in [0.5, 0.6) is 0 Å². The third kappa shape index (κ3) is 6.38. The lowest BCUT2D eigenvalue weighted by Gasteiger charge is -2.29. The van der Waals surface area contributed by atoms with E-state index in [1.54, 1.807) is 0 Å². The van der Waals surface area contributed by atoms with Crippen molar-refractivity contribution in [3.05, 3.63) is 237 Å². The van der Waals surface area contributed by atoms with Crippen LogP contribution in [0.1, 0.15) is 0 Å². The molecular weight excluding hydrogens is 767 g/mol. The number of benzene rings is 10. The molecule has 0 saturated carbocycles. The van der Waals surface area contributed by atoms with Crippen molar-refractivity contribution in [3.8, 4) is 55.6 Å². The number of rotatable bonds is 8. The van der Waals surface area contributed by atoms with Gasteiger partial charge in [0, 0.05) is 38.5 Å². The number of furan rings is 2. The second-order valence-corrected chi connectivity index (χ2v) is 16.0. The Balaban J connectivity index is 1.11. The maximum absolute atomic E-state index is 6.66. The van der Waals surface area contributed by atoms with Gasteiger partial charge in [-0.25, -0.2) is 0 Å². The smallest absolute Gasteiger partial charge is 0.136 e. The average Bonchev–Trinajstić information content (AvgIpc) is 3.94. The Bertz CT molecular complexity index is 3590. The van der Waals surface area contributed by atoms with Crippen molar-refractivity contribution >= 4 is 60.9 Å². The predicted octanol–water partition coefficient (Wildman–Crippen LogP) is 17.3. The fourth-order valence-corrected chi connectivity index (χ4v) is 9.36. The maximum atomic E-state index is 6.66. The molecule has 0 N–H and O–H groups in total. The quantitative estimate of drug-likeness (QED) is 0.153. The summed E-state index contributed by atoms with van der Waals surface area (Å²) in [6.07, 6.45) is 0. The molecule has 2 heterocycles. The van der Waals surface area contributed by atoms with Crippen LogP contribution in [0.3, 0.4) is 0 Å². The minimum atomic E-state index is 0.844. The molecule has 0 spiro atoms. The molecule has 0 aliphatic carbocycles. The van der Waals surface area contributed by atoms with Gasteiger partial charge in [0.1, 0.15) is 22.3 Å². The van der Waals surface area contributed by atoms with Crippen LogP contribution in [-0.2, 0) is 0 Å². The monoisotopic (exact) mass is 805 g/mol. The summed E-state index contributed by atoms with van der Waals surface area (Å²) in [6.45, 7) is 0. The SMILES string of the molecule is c1ccc(-c2ccc(N(c3ccc(-c4cccc5oc6ccccc6c45)cc3)c3ccc4oc5ccccc5c4c3-c3ccc(-c4ccccc4)cc3-c3ccccc3)cc2)cc1. The predicted molar refractivity (Wildman–Crippen MR) is 263 cm³/mol. The number of hydrogen-bond donors (Lipinski definition) is 0. The van der Waals surface area contributed by atoms with E-state index in [2.05, 4.69) is 223 Å². The van der Waals surface area contributed by atoms with Crippen molar-refractivity contribution in [1.82, 2.24) is 0 Å². The van der Waals surface area contributed by atoms with Gasteiger partial charge in [0.2, 0.25) is 0 Å². The van der Waals surface area contributed by atoms with E-state index in [0.717, 1.165) is 105 Å². The van der Waals surface area contributed by atoms with Crippen LogP contribution in [0, 0.1) is 0 Å². The first-order valence-corrected chi connectivity index (χ1v) is 21.4. The van der Waals surface area contributed by atoms with E-state index in [1.807, 2.05) is 18.2 Å². The van der Waals surface area contributed by atoms with E-state index in [4.69, 9.17) is 8.83 Å². The van der Waals surface area contributed by atoms with E-state index in [1.165, 1.54) is 11.1 Å². The Morgan fingerprint density at radius 1 is 0.270 bits per heavy atom. The van der Waals surface area contributed by atoms with Crippen molar-refractivity contribution in [2.45, 2.75) is 0 Å². The van der Waals surface area contributed by atoms with Crippen molar-refractivity contribution in [1.29, 1.82) is 0 Å². The molecule has 296 valence electrons. The lowest BCUT2D eigenvalue weighted by atomic mass is 9.88. The Labute approximate surface area is 365 Å². The second-order valence-electron chi connectivity index (χ2n) is 16.0. The fourth-order valence-electron chi connectivity index (χ4n) is 9.36. The van der Waals surface area contributed by atoms with Crippen LogP contribution in [0.2, 0.25) is 0 Å². The molecule has 3 heteroatoms. The third-order valence-electron chi connectivity index (χ3n) is 12.3. The molecule has 0 aliphatic heterocycles. The number of fused-ring (bicyclic) bond motifs is 6. The molecule has 0 fully saturated rings. The van der Waals surface area contributed by atoms with Crippen molar-refractivity contribution in [2.24, 2.45) is 0 Å². The zero-order chi connectivity index (χ0) is 41.7. The second kappa shape index (κ2) is 15.3. The van der Waals surface area contributed by atoms with Gasteiger partial charge in [0.15, 0.2) is 0 Å². The van der Waals surface area contributed by atoms with Gasteiger partial charge in [-0.05, 0) is 111 Å². The van der Waals surface area contributed by atoms with Gasteiger partial charge in [0.05, 0.1) is 5.69 Å². The Morgan fingerprint density at radius 3 is 1.37 bits per heavy atom. The van der Waals surface area contributed by atoms with Crippen molar-refractivity contribution in [2.75, 3.05) is 4.90 Å². The molecule has 0 atom stereocenters. The molecule has 3 nitrogen and oxygen atoms in total. The number of para-hydroxylation sites is 2. The maximum Gasteiger partial charge on any atom is 0.136 e. The number of anilines is 3. The Kier molecular flexibility index (Phi) is 8.83. The molecule has 12 aromatic rings. The van der Waals surface area contributed by atoms with Crippen LogP contribution in [0.25, 0.3) is 99.5 Å². The topological polar surface area (TPSA) is 29.5 Å². The van der Waals surface area contributed by atoms with Gasteiger partial charge in [-0.3, -0.25) is 0 Å². The van der Waals surface area contributed by atoms with Gasteiger partial charge in [-0.2, -0.15) is 0 Å². The summed E-state index contributed by atoms with van der Waals surface area (Å²) >= 11 is 0. The molecule has 0 amide bonds.